The summed E-state index contributed by atoms with van der Waals surface area (Å²) in [6.07, 6.45) is 3.77. The second-order valence-electron chi connectivity index (χ2n) is 5.25. The van der Waals surface area contributed by atoms with Gasteiger partial charge in [-0.05, 0) is 31.8 Å². The molecule has 1 aliphatic rings. The fourth-order valence-corrected chi connectivity index (χ4v) is 2.49. The summed E-state index contributed by atoms with van der Waals surface area (Å²) in [5.41, 5.74) is 0. The van der Waals surface area contributed by atoms with Gasteiger partial charge in [-0.1, -0.05) is 20.3 Å². The number of nitrogens with zero attached hydrogens (tertiary/aromatic N) is 3. The van der Waals surface area contributed by atoms with E-state index < -0.39 is 0 Å². The van der Waals surface area contributed by atoms with E-state index in [-0.39, 0.29) is 0 Å². The average Bonchev–Trinajstić information content (AvgIpc) is 2.85. The van der Waals surface area contributed by atoms with E-state index in [9.17, 15) is 0 Å². The lowest BCUT2D eigenvalue weighted by Gasteiger charge is -2.23. The molecule has 0 aromatic carbocycles. The molecule has 1 rings (SSSR count). The first-order chi connectivity index (χ1) is 8.71. The molecule has 1 aliphatic heterocycles. The summed E-state index contributed by atoms with van der Waals surface area (Å²) in [5, 5.41) is 3.51. The topological polar surface area (TPSA) is 30.9 Å². The third kappa shape index (κ3) is 4.84. The van der Waals surface area contributed by atoms with Gasteiger partial charge < -0.3 is 15.1 Å². The maximum Gasteiger partial charge on any atom is 0.193 e. The molecule has 0 aromatic rings. The number of aliphatic imine (C=N–C) groups is 1. The van der Waals surface area contributed by atoms with E-state index in [2.05, 4.69) is 41.0 Å². The van der Waals surface area contributed by atoms with E-state index in [1.807, 2.05) is 7.05 Å². The van der Waals surface area contributed by atoms with Crippen LogP contribution in [0.4, 0.5) is 0 Å². The van der Waals surface area contributed by atoms with Crippen molar-refractivity contribution < 1.29 is 0 Å². The SMILES string of the molecule is CCCCN(C)C(=NC)NCC1CCN(CC)C1. The molecule has 0 bridgehead atoms. The molecule has 4 nitrogen and oxygen atoms in total. The molecule has 18 heavy (non-hydrogen) atoms. The van der Waals surface area contributed by atoms with Crippen molar-refractivity contribution in [2.45, 2.75) is 33.1 Å². The molecular weight excluding hydrogens is 224 g/mol. The molecule has 1 saturated heterocycles. The van der Waals surface area contributed by atoms with Crippen LogP contribution in [0.25, 0.3) is 0 Å². The van der Waals surface area contributed by atoms with Crippen LogP contribution in [-0.2, 0) is 0 Å². The summed E-state index contributed by atoms with van der Waals surface area (Å²) in [4.78, 5) is 9.11. The molecule has 0 amide bonds. The Balaban J connectivity index is 2.27. The van der Waals surface area contributed by atoms with Crippen molar-refractivity contribution in [3.05, 3.63) is 0 Å². The van der Waals surface area contributed by atoms with Gasteiger partial charge in [-0.25, -0.2) is 0 Å². The van der Waals surface area contributed by atoms with Crippen molar-refractivity contribution in [1.82, 2.24) is 15.1 Å². The molecular formula is C14H30N4. The first kappa shape index (κ1) is 15.3. The predicted molar refractivity (Wildman–Crippen MR) is 79.1 cm³/mol. The third-order valence-electron chi connectivity index (χ3n) is 3.79. The van der Waals surface area contributed by atoms with Crippen LogP contribution in [0.1, 0.15) is 33.1 Å². The van der Waals surface area contributed by atoms with Crippen molar-refractivity contribution in [1.29, 1.82) is 0 Å². The molecule has 0 aromatic heterocycles. The van der Waals surface area contributed by atoms with E-state index in [1.54, 1.807) is 0 Å². The van der Waals surface area contributed by atoms with Crippen LogP contribution < -0.4 is 5.32 Å². The van der Waals surface area contributed by atoms with Crippen LogP contribution in [0.3, 0.4) is 0 Å². The highest BCUT2D eigenvalue weighted by molar-refractivity contribution is 5.79. The van der Waals surface area contributed by atoms with Gasteiger partial charge >= 0.3 is 0 Å². The van der Waals surface area contributed by atoms with E-state index in [0.29, 0.717) is 0 Å². The summed E-state index contributed by atoms with van der Waals surface area (Å²) in [6.45, 7) is 10.3. The smallest absolute Gasteiger partial charge is 0.193 e. The first-order valence-corrected chi connectivity index (χ1v) is 7.35. The minimum atomic E-state index is 0.779. The molecule has 1 heterocycles. The number of hydrogen-bond donors (Lipinski definition) is 1. The molecule has 4 heteroatoms. The lowest BCUT2D eigenvalue weighted by Crippen LogP contribution is -2.41. The molecule has 0 saturated carbocycles. The van der Waals surface area contributed by atoms with Gasteiger partial charge in [-0.2, -0.15) is 0 Å². The minimum Gasteiger partial charge on any atom is -0.356 e. The lowest BCUT2D eigenvalue weighted by molar-refractivity contribution is 0.340. The Morgan fingerprint density at radius 2 is 2.22 bits per heavy atom. The Bertz CT molecular complexity index is 252. The Labute approximate surface area is 112 Å². The maximum absolute atomic E-state index is 4.36. The highest BCUT2D eigenvalue weighted by Gasteiger charge is 2.21. The predicted octanol–water partition coefficient (Wildman–Crippen LogP) is 1.64. The molecule has 0 aliphatic carbocycles. The number of guanidine groups is 1. The molecule has 1 N–H and O–H groups in total. The molecule has 1 unspecified atom stereocenters. The van der Waals surface area contributed by atoms with Gasteiger partial charge in [-0.15, -0.1) is 0 Å². The van der Waals surface area contributed by atoms with E-state index in [4.69, 9.17) is 0 Å². The van der Waals surface area contributed by atoms with Crippen LogP contribution in [-0.4, -0.2) is 62.6 Å². The highest BCUT2D eigenvalue weighted by atomic mass is 15.3. The fraction of sp³-hybridized carbons (Fsp3) is 0.929. The van der Waals surface area contributed by atoms with Crippen LogP contribution in [0.15, 0.2) is 4.99 Å². The van der Waals surface area contributed by atoms with Crippen molar-refractivity contribution in [3.8, 4) is 0 Å². The zero-order valence-electron chi connectivity index (χ0n) is 12.6. The molecule has 1 fully saturated rings. The van der Waals surface area contributed by atoms with Gasteiger partial charge in [0, 0.05) is 33.7 Å². The summed E-state index contributed by atoms with van der Waals surface area (Å²) in [5.74, 6) is 1.82. The van der Waals surface area contributed by atoms with Gasteiger partial charge in [-0.3, -0.25) is 4.99 Å². The first-order valence-electron chi connectivity index (χ1n) is 7.35. The van der Waals surface area contributed by atoms with E-state index in [1.165, 1.54) is 38.9 Å². The van der Waals surface area contributed by atoms with Gasteiger partial charge in [0.2, 0.25) is 0 Å². The fourth-order valence-electron chi connectivity index (χ4n) is 2.49. The number of nitrogens with one attached hydrogen (secondary N) is 1. The largest absolute Gasteiger partial charge is 0.356 e. The van der Waals surface area contributed by atoms with Crippen molar-refractivity contribution in [3.63, 3.8) is 0 Å². The van der Waals surface area contributed by atoms with Gasteiger partial charge in [0.25, 0.3) is 0 Å². The summed E-state index contributed by atoms with van der Waals surface area (Å²) >= 11 is 0. The van der Waals surface area contributed by atoms with Gasteiger partial charge in [0.15, 0.2) is 5.96 Å². The van der Waals surface area contributed by atoms with E-state index >= 15 is 0 Å². The zero-order chi connectivity index (χ0) is 13.4. The Morgan fingerprint density at radius 1 is 1.44 bits per heavy atom. The quantitative estimate of drug-likeness (QED) is 0.577. The zero-order valence-corrected chi connectivity index (χ0v) is 12.6. The second-order valence-corrected chi connectivity index (χ2v) is 5.25. The maximum atomic E-state index is 4.36. The standard InChI is InChI=1S/C14H30N4/c1-5-7-9-17(4)14(15-3)16-11-13-8-10-18(6-2)12-13/h13H,5-12H2,1-4H3,(H,15,16). The second kappa shape index (κ2) is 8.35. The Kier molecular flexibility index (Phi) is 7.09. The number of unbranched alkanes of at least 4 members (excludes halogenated alkanes) is 1. The summed E-state index contributed by atoms with van der Waals surface area (Å²) < 4.78 is 0. The van der Waals surface area contributed by atoms with Crippen LogP contribution in [0, 0.1) is 5.92 Å². The van der Waals surface area contributed by atoms with Gasteiger partial charge in [0.05, 0.1) is 0 Å². The van der Waals surface area contributed by atoms with Crippen LogP contribution in [0.5, 0.6) is 0 Å². The Hall–Kier alpha value is -0.770. The van der Waals surface area contributed by atoms with Crippen molar-refractivity contribution in [2.75, 3.05) is 46.8 Å². The third-order valence-corrected chi connectivity index (χ3v) is 3.79. The van der Waals surface area contributed by atoms with Crippen LogP contribution >= 0.6 is 0 Å². The summed E-state index contributed by atoms with van der Waals surface area (Å²) in [7, 11) is 4.00. The van der Waals surface area contributed by atoms with Crippen molar-refractivity contribution >= 4 is 5.96 Å². The van der Waals surface area contributed by atoms with E-state index in [0.717, 1.165) is 25.0 Å². The number of hydrogen-bond acceptors (Lipinski definition) is 2. The van der Waals surface area contributed by atoms with Crippen LogP contribution in [0.2, 0.25) is 0 Å². The monoisotopic (exact) mass is 254 g/mol. The summed E-state index contributed by atoms with van der Waals surface area (Å²) in [6, 6.07) is 0. The molecule has 0 spiro atoms. The number of likely N-dealkylation sites (tertiary alicyclic amines) is 1. The lowest BCUT2D eigenvalue weighted by atomic mass is 10.1. The average molecular weight is 254 g/mol. The Morgan fingerprint density at radius 3 is 2.78 bits per heavy atom. The highest BCUT2D eigenvalue weighted by Crippen LogP contribution is 2.14. The normalized spacial score (nSPS) is 21.3. The molecule has 1 atom stereocenters. The molecule has 106 valence electrons. The molecule has 0 radical (unpaired) electrons. The number of rotatable bonds is 6. The van der Waals surface area contributed by atoms with Crippen molar-refractivity contribution in [2.24, 2.45) is 10.9 Å². The minimum absolute atomic E-state index is 0.779. The van der Waals surface area contributed by atoms with Gasteiger partial charge in [0.1, 0.15) is 0 Å².